The third kappa shape index (κ3) is 6.32. The number of pyridine rings is 1. The summed E-state index contributed by atoms with van der Waals surface area (Å²) >= 11 is 0. The predicted octanol–water partition coefficient (Wildman–Crippen LogP) is 4.16. The third-order valence-electron chi connectivity index (χ3n) is 5.38. The van der Waals surface area contributed by atoms with E-state index in [0.29, 0.717) is 17.1 Å². The molecule has 0 atom stereocenters. The summed E-state index contributed by atoms with van der Waals surface area (Å²) in [5.74, 6) is 0.157. The minimum Gasteiger partial charge on any atom is -0.487 e. The fraction of sp³-hybridized carbons (Fsp3) is 0.280. The van der Waals surface area contributed by atoms with Gasteiger partial charge in [0.25, 0.3) is 0 Å². The molecule has 1 aromatic heterocycles. The second-order valence-electron chi connectivity index (χ2n) is 8.17. The van der Waals surface area contributed by atoms with Crippen molar-refractivity contribution in [3.8, 4) is 5.75 Å². The first kappa shape index (κ1) is 24.3. The molecule has 0 radical (unpaired) electrons. The van der Waals surface area contributed by atoms with E-state index in [1.165, 1.54) is 16.9 Å². The molecule has 3 aromatic rings. The van der Waals surface area contributed by atoms with Crippen LogP contribution in [0.4, 0.5) is 11.4 Å². The van der Waals surface area contributed by atoms with E-state index in [9.17, 15) is 13.2 Å². The summed E-state index contributed by atoms with van der Waals surface area (Å²) in [5, 5.41) is 2.85. The van der Waals surface area contributed by atoms with Crippen molar-refractivity contribution in [3.63, 3.8) is 0 Å². The van der Waals surface area contributed by atoms with Crippen molar-refractivity contribution < 1.29 is 17.9 Å². The number of rotatable bonds is 8. The maximum Gasteiger partial charge on any atom is 0.232 e. The van der Waals surface area contributed by atoms with E-state index in [4.69, 9.17) is 4.74 Å². The number of nitrogens with one attached hydrogen (secondary N) is 1. The van der Waals surface area contributed by atoms with Crippen LogP contribution in [0.5, 0.6) is 5.75 Å². The van der Waals surface area contributed by atoms with Gasteiger partial charge in [-0.25, -0.2) is 8.42 Å². The first-order chi connectivity index (χ1) is 15.5. The summed E-state index contributed by atoms with van der Waals surface area (Å²) in [7, 11) is -2.03. The standard InChI is InChI=1S/C25H29N3O4S/c1-17-11-18(2)22(19(3)12-17)16-32-24-14-21(8-9-23(24)28(4)33(5,30)31)27-25(29)13-20-7-6-10-26-15-20/h6-12,14-15H,13,16H2,1-5H3,(H,27,29). The molecular weight excluding hydrogens is 438 g/mol. The van der Waals surface area contributed by atoms with Crippen molar-refractivity contribution in [2.45, 2.75) is 33.8 Å². The maximum absolute atomic E-state index is 12.5. The number of benzene rings is 2. The number of anilines is 2. The second-order valence-corrected chi connectivity index (χ2v) is 10.2. The molecule has 1 heterocycles. The molecule has 0 bridgehead atoms. The molecule has 1 amide bonds. The number of carbonyl (C=O) groups excluding carboxylic acids is 1. The Labute approximate surface area is 195 Å². The number of carbonyl (C=O) groups is 1. The van der Waals surface area contributed by atoms with Gasteiger partial charge in [-0.1, -0.05) is 23.8 Å². The van der Waals surface area contributed by atoms with Gasteiger partial charge in [0, 0.05) is 31.2 Å². The van der Waals surface area contributed by atoms with Gasteiger partial charge in [0.2, 0.25) is 15.9 Å². The minimum absolute atomic E-state index is 0.177. The number of aryl methyl sites for hydroxylation is 3. The van der Waals surface area contributed by atoms with Crippen LogP contribution >= 0.6 is 0 Å². The molecule has 0 aliphatic carbocycles. The summed E-state index contributed by atoms with van der Waals surface area (Å²) in [4.78, 5) is 16.5. The summed E-state index contributed by atoms with van der Waals surface area (Å²) in [5.41, 5.74) is 6.12. The van der Waals surface area contributed by atoms with E-state index >= 15 is 0 Å². The zero-order valence-corrected chi connectivity index (χ0v) is 20.4. The SMILES string of the molecule is Cc1cc(C)c(COc2cc(NC(=O)Cc3cccnc3)ccc2N(C)S(C)(=O)=O)c(C)c1. The van der Waals surface area contributed by atoms with Gasteiger partial charge in [-0.2, -0.15) is 0 Å². The molecule has 33 heavy (non-hydrogen) atoms. The van der Waals surface area contributed by atoms with Crippen LogP contribution in [0.15, 0.2) is 54.9 Å². The van der Waals surface area contributed by atoms with Crippen LogP contribution in [-0.2, 0) is 27.8 Å². The molecule has 2 aromatic carbocycles. The lowest BCUT2D eigenvalue weighted by atomic mass is 10.0. The fourth-order valence-corrected chi connectivity index (χ4v) is 4.14. The summed E-state index contributed by atoms with van der Waals surface area (Å²) < 4.78 is 31.6. The zero-order valence-electron chi connectivity index (χ0n) is 19.5. The Morgan fingerprint density at radius 2 is 1.79 bits per heavy atom. The van der Waals surface area contributed by atoms with Crippen LogP contribution in [-0.4, -0.2) is 32.6 Å². The largest absolute Gasteiger partial charge is 0.487 e. The molecule has 1 N–H and O–H groups in total. The van der Waals surface area contributed by atoms with Crippen LogP contribution in [0, 0.1) is 20.8 Å². The van der Waals surface area contributed by atoms with E-state index in [2.05, 4.69) is 22.4 Å². The first-order valence-corrected chi connectivity index (χ1v) is 12.4. The normalized spacial score (nSPS) is 11.2. The van der Waals surface area contributed by atoms with E-state index in [1.54, 1.807) is 36.7 Å². The van der Waals surface area contributed by atoms with E-state index in [1.807, 2.05) is 26.8 Å². The lowest BCUT2D eigenvalue weighted by molar-refractivity contribution is -0.115. The quantitative estimate of drug-likeness (QED) is 0.537. The molecule has 3 rings (SSSR count). The molecule has 0 unspecified atom stereocenters. The van der Waals surface area contributed by atoms with Crippen LogP contribution in [0.2, 0.25) is 0 Å². The first-order valence-electron chi connectivity index (χ1n) is 10.5. The van der Waals surface area contributed by atoms with Crippen molar-refractivity contribution >= 4 is 27.3 Å². The van der Waals surface area contributed by atoms with Crippen molar-refractivity contribution in [3.05, 3.63) is 82.7 Å². The molecule has 0 fully saturated rings. The Morgan fingerprint density at radius 1 is 1.09 bits per heavy atom. The fourth-order valence-electron chi connectivity index (χ4n) is 3.63. The third-order valence-corrected chi connectivity index (χ3v) is 6.57. The Bertz CT molecular complexity index is 1230. The lowest BCUT2D eigenvalue weighted by Crippen LogP contribution is -2.25. The van der Waals surface area contributed by atoms with Crippen LogP contribution in [0.1, 0.15) is 27.8 Å². The number of amides is 1. The molecule has 0 saturated carbocycles. The van der Waals surface area contributed by atoms with Gasteiger partial charge < -0.3 is 10.1 Å². The topological polar surface area (TPSA) is 88.6 Å². The molecule has 0 saturated heterocycles. The maximum atomic E-state index is 12.5. The lowest BCUT2D eigenvalue weighted by Gasteiger charge is -2.22. The zero-order chi connectivity index (χ0) is 24.2. The van der Waals surface area contributed by atoms with Gasteiger partial charge in [-0.15, -0.1) is 0 Å². The van der Waals surface area contributed by atoms with E-state index in [0.717, 1.165) is 28.5 Å². The highest BCUT2D eigenvalue weighted by molar-refractivity contribution is 7.92. The molecule has 0 spiro atoms. The summed E-state index contributed by atoms with van der Waals surface area (Å²) in [6, 6.07) is 12.7. The van der Waals surface area contributed by atoms with Gasteiger partial charge in [0.1, 0.15) is 12.4 Å². The Hall–Kier alpha value is -3.39. The highest BCUT2D eigenvalue weighted by Crippen LogP contribution is 2.33. The molecule has 0 aliphatic rings. The molecule has 7 nitrogen and oxygen atoms in total. The predicted molar refractivity (Wildman–Crippen MR) is 131 cm³/mol. The number of hydrogen-bond donors (Lipinski definition) is 1. The van der Waals surface area contributed by atoms with Gasteiger partial charge in [0.05, 0.1) is 18.4 Å². The number of aromatic nitrogens is 1. The number of hydrogen-bond acceptors (Lipinski definition) is 5. The summed E-state index contributed by atoms with van der Waals surface area (Å²) in [6.07, 6.45) is 4.61. The minimum atomic E-state index is -3.50. The van der Waals surface area contributed by atoms with Crippen molar-refractivity contribution in [2.75, 3.05) is 22.9 Å². The molecule has 8 heteroatoms. The summed E-state index contributed by atoms with van der Waals surface area (Å²) in [6.45, 7) is 6.37. The molecule has 174 valence electrons. The van der Waals surface area contributed by atoms with Gasteiger partial charge in [-0.3, -0.25) is 14.1 Å². The van der Waals surface area contributed by atoms with Crippen LogP contribution in [0.3, 0.4) is 0 Å². The number of sulfonamides is 1. The van der Waals surface area contributed by atoms with Gasteiger partial charge in [0.15, 0.2) is 0 Å². The van der Waals surface area contributed by atoms with E-state index in [-0.39, 0.29) is 18.9 Å². The Balaban J connectivity index is 1.87. The molecule has 0 aliphatic heterocycles. The van der Waals surface area contributed by atoms with Crippen molar-refractivity contribution in [2.24, 2.45) is 0 Å². The number of nitrogens with zero attached hydrogens (tertiary/aromatic N) is 2. The van der Waals surface area contributed by atoms with E-state index < -0.39 is 10.0 Å². The van der Waals surface area contributed by atoms with Gasteiger partial charge in [-0.05, 0) is 61.2 Å². The number of ether oxygens (including phenoxy) is 1. The Morgan fingerprint density at radius 3 is 2.39 bits per heavy atom. The highest BCUT2D eigenvalue weighted by atomic mass is 32.2. The average Bonchev–Trinajstić information content (AvgIpc) is 2.72. The second kappa shape index (κ2) is 10.0. The molecular formula is C25H29N3O4S. The average molecular weight is 468 g/mol. The monoisotopic (exact) mass is 467 g/mol. The van der Waals surface area contributed by atoms with Crippen LogP contribution < -0.4 is 14.4 Å². The van der Waals surface area contributed by atoms with Crippen molar-refractivity contribution in [1.82, 2.24) is 4.98 Å². The highest BCUT2D eigenvalue weighted by Gasteiger charge is 2.19. The smallest absolute Gasteiger partial charge is 0.232 e. The van der Waals surface area contributed by atoms with Crippen LogP contribution in [0.25, 0.3) is 0 Å². The van der Waals surface area contributed by atoms with Crippen molar-refractivity contribution in [1.29, 1.82) is 0 Å². The Kier molecular flexibility index (Phi) is 7.38. The van der Waals surface area contributed by atoms with Gasteiger partial charge >= 0.3 is 0 Å².